The Balaban J connectivity index is 2.56. The molecule has 1 aromatic heterocycles. The van der Waals surface area contributed by atoms with Crippen LogP contribution in [0.3, 0.4) is 0 Å². The average Bonchev–Trinajstić information content (AvgIpc) is 2.16. The van der Waals surface area contributed by atoms with Gasteiger partial charge in [0.15, 0.2) is 0 Å². The van der Waals surface area contributed by atoms with E-state index in [0.717, 1.165) is 0 Å². The highest BCUT2D eigenvalue weighted by Gasteiger charge is 2.04. The minimum absolute atomic E-state index is 0.0388. The molecule has 1 heterocycles. The summed E-state index contributed by atoms with van der Waals surface area (Å²) in [4.78, 5) is 37.5. The monoisotopic (exact) mass is 227 g/mol. The van der Waals surface area contributed by atoms with Gasteiger partial charge in [-0.2, -0.15) is 0 Å². The van der Waals surface area contributed by atoms with Gasteiger partial charge in [0.2, 0.25) is 5.91 Å². The first kappa shape index (κ1) is 12.2. The Morgan fingerprint density at radius 3 is 2.81 bits per heavy atom. The topological polar surface area (TPSA) is 104 Å². The molecule has 88 valence electrons. The third-order valence-electron chi connectivity index (χ3n) is 1.80. The van der Waals surface area contributed by atoms with Gasteiger partial charge in [-0.25, -0.2) is 4.79 Å². The molecule has 0 fully saturated rings. The quantitative estimate of drug-likeness (QED) is 0.525. The molecule has 3 N–H and O–H groups in total. The molecule has 0 bridgehead atoms. The van der Waals surface area contributed by atoms with E-state index in [-0.39, 0.29) is 18.0 Å². The Morgan fingerprint density at radius 1 is 1.44 bits per heavy atom. The Kier molecular flexibility index (Phi) is 4.46. The number of hydrogen-bond acceptors (Lipinski definition) is 4. The van der Waals surface area contributed by atoms with Gasteiger partial charge in [0, 0.05) is 25.4 Å². The van der Waals surface area contributed by atoms with Crippen molar-refractivity contribution in [2.24, 2.45) is 0 Å². The van der Waals surface area contributed by atoms with Crippen molar-refractivity contribution < 1.29 is 9.53 Å². The zero-order chi connectivity index (χ0) is 12.0. The number of rotatable bonds is 5. The number of carbonyl (C=O) groups is 1. The number of hydrogen-bond donors (Lipinski definition) is 3. The first-order chi connectivity index (χ1) is 7.61. The highest BCUT2D eigenvalue weighted by atomic mass is 16.5. The molecule has 0 atom stereocenters. The molecular formula is C9H13N3O4. The fourth-order valence-electron chi connectivity index (χ4n) is 1.14. The van der Waals surface area contributed by atoms with Crippen molar-refractivity contribution in [3.63, 3.8) is 0 Å². The normalized spacial score (nSPS) is 10.1. The fraction of sp³-hybridized carbons (Fsp3) is 0.444. The average molecular weight is 227 g/mol. The predicted octanol–water partition coefficient (Wildman–Crippen LogP) is -1.63. The second kappa shape index (κ2) is 5.86. The van der Waals surface area contributed by atoms with Crippen LogP contribution in [0, 0.1) is 0 Å². The second-order valence-electron chi connectivity index (χ2n) is 3.13. The van der Waals surface area contributed by atoms with Crippen LogP contribution in [0.1, 0.15) is 5.69 Å². The molecule has 1 amide bonds. The summed E-state index contributed by atoms with van der Waals surface area (Å²) in [7, 11) is 1.53. The first-order valence-electron chi connectivity index (χ1n) is 4.70. The Bertz CT molecular complexity index is 434. The molecule has 0 aromatic carbocycles. The van der Waals surface area contributed by atoms with Crippen molar-refractivity contribution >= 4 is 5.91 Å². The van der Waals surface area contributed by atoms with E-state index >= 15 is 0 Å². The van der Waals surface area contributed by atoms with E-state index in [0.29, 0.717) is 13.2 Å². The van der Waals surface area contributed by atoms with Crippen LogP contribution in [0.4, 0.5) is 0 Å². The van der Waals surface area contributed by atoms with Crippen LogP contribution in [0.25, 0.3) is 0 Å². The standard InChI is InChI=1S/C9H13N3O4/c1-16-3-2-10-7(13)4-6-5-8(14)12-9(15)11-6/h5H,2-4H2,1H3,(H,10,13)(H2,11,12,14,15). The summed E-state index contributed by atoms with van der Waals surface area (Å²) >= 11 is 0. The van der Waals surface area contributed by atoms with E-state index in [4.69, 9.17) is 4.74 Å². The van der Waals surface area contributed by atoms with E-state index in [1.165, 1.54) is 13.2 Å². The highest BCUT2D eigenvalue weighted by Crippen LogP contribution is 1.87. The highest BCUT2D eigenvalue weighted by molar-refractivity contribution is 5.77. The number of carbonyl (C=O) groups excluding carboxylic acids is 1. The maximum Gasteiger partial charge on any atom is 0.325 e. The minimum atomic E-state index is -0.618. The molecular weight excluding hydrogens is 214 g/mol. The molecule has 1 aromatic rings. The van der Waals surface area contributed by atoms with Gasteiger partial charge in [-0.1, -0.05) is 0 Å². The molecule has 0 aliphatic rings. The van der Waals surface area contributed by atoms with Crippen LogP contribution in [-0.4, -0.2) is 36.1 Å². The third kappa shape index (κ3) is 4.09. The Labute approximate surface area is 90.8 Å². The van der Waals surface area contributed by atoms with E-state index in [9.17, 15) is 14.4 Å². The first-order valence-corrected chi connectivity index (χ1v) is 4.70. The number of aromatic nitrogens is 2. The molecule has 0 aliphatic carbocycles. The maximum atomic E-state index is 11.3. The van der Waals surface area contributed by atoms with Crippen LogP contribution in [0.2, 0.25) is 0 Å². The van der Waals surface area contributed by atoms with Gasteiger partial charge in [0.25, 0.3) is 5.56 Å². The van der Waals surface area contributed by atoms with Crippen LogP contribution < -0.4 is 16.6 Å². The number of nitrogens with one attached hydrogen (secondary N) is 3. The Hall–Kier alpha value is -1.89. The van der Waals surface area contributed by atoms with Crippen molar-refractivity contribution in [2.45, 2.75) is 6.42 Å². The SMILES string of the molecule is COCCNC(=O)Cc1cc(=O)[nH]c(=O)[nH]1. The summed E-state index contributed by atoms with van der Waals surface area (Å²) in [5.41, 5.74) is -0.862. The van der Waals surface area contributed by atoms with Crippen molar-refractivity contribution in [1.29, 1.82) is 0 Å². The van der Waals surface area contributed by atoms with Crippen molar-refractivity contribution in [3.8, 4) is 0 Å². The molecule has 0 saturated carbocycles. The summed E-state index contributed by atoms with van der Waals surface area (Å²) in [6, 6.07) is 1.18. The zero-order valence-electron chi connectivity index (χ0n) is 8.83. The molecule has 0 saturated heterocycles. The number of methoxy groups -OCH3 is 1. The maximum absolute atomic E-state index is 11.3. The lowest BCUT2D eigenvalue weighted by Crippen LogP contribution is -2.30. The zero-order valence-corrected chi connectivity index (χ0v) is 8.83. The van der Waals surface area contributed by atoms with Gasteiger partial charge < -0.3 is 15.0 Å². The lowest BCUT2D eigenvalue weighted by Gasteiger charge is -2.03. The van der Waals surface area contributed by atoms with E-state index in [1.54, 1.807) is 0 Å². The van der Waals surface area contributed by atoms with Gasteiger partial charge in [0.1, 0.15) is 0 Å². The van der Waals surface area contributed by atoms with Gasteiger partial charge in [-0.05, 0) is 0 Å². The smallest absolute Gasteiger partial charge is 0.325 e. The van der Waals surface area contributed by atoms with Crippen LogP contribution in [0.15, 0.2) is 15.7 Å². The largest absolute Gasteiger partial charge is 0.383 e. The lowest BCUT2D eigenvalue weighted by atomic mass is 10.3. The van der Waals surface area contributed by atoms with Gasteiger partial charge in [-0.15, -0.1) is 0 Å². The molecule has 1 rings (SSSR count). The summed E-state index contributed by atoms with van der Waals surface area (Å²) in [6.45, 7) is 0.806. The molecule has 0 radical (unpaired) electrons. The Morgan fingerprint density at radius 2 is 2.19 bits per heavy atom. The minimum Gasteiger partial charge on any atom is -0.383 e. The van der Waals surface area contributed by atoms with Gasteiger partial charge in [0.05, 0.1) is 13.0 Å². The van der Waals surface area contributed by atoms with Crippen LogP contribution >= 0.6 is 0 Å². The summed E-state index contributed by atoms with van der Waals surface area (Å²) in [6.07, 6.45) is -0.0388. The second-order valence-corrected chi connectivity index (χ2v) is 3.13. The molecule has 7 nitrogen and oxygen atoms in total. The van der Waals surface area contributed by atoms with Crippen molar-refractivity contribution in [2.75, 3.05) is 20.3 Å². The number of amides is 1. The van der Waals surface area contributed by atoms with Crippen LogP contribution in [0.5, 0.6) is 0 Å². The molecule has 0 spiro atoms. The predicted molar refractivity (Wildman–Crippen MR) is 56.3 cm³/mol. The summed E-state index contributed by atoms with van der Waals surface area (Å²) in [5, 5.41) is 2.57. The molecule has 0 unspecified atom stereocenters. The van der Waals surface area contributed by atoms with Gasteiger partial charge in [-0.3, -0.25) is 14.6 Å². The number of aromatic amines is 2. The van der Waals surface area contributed by atoms with Crippen molar-refractivity contribution in [1.82, 2.24) is 15.3 Å². The summed E-state index contributed by atoms with van der Waals surface area (Å²) < 4.78 is 4.75. The van der Waals surface area contributed by atoms with Crippen molar-refractivity contribution in [3.05, 3.63) is 32.6 Å². The lowest BCUT2D eigenvalue weighted by molar-refractivity contribution is -0.120. The molecule has 7 heteroatoms. The molecule has 16 heavy (non-hydrogen) atoms. The van der Waals surface area contributed by atoms with E-state index in [1.807, 2.05) is 4.98 Å². The van der Waals surface area contributed by atoms with Crippen LogP contribution in [-0.2, 0) is 16.0 Å². The number of ether oxygens (including phenoxy) is 1. The third-order valence-corrected chi connectivity index (χ3v) is 1.80. The summed E-state index contributed by atoms with van der Waals surface area (Å²) in [5.74, 6) is -0.279. The van der Waals surface area contributed by atoms with Gasteiger partial charge >= 0.3 is 5.69 Å². The fourth-order valence-corrected chi connectivity index (χ4v) is 1.14. The number of H-pyrrole nitrogens is 2. The molecule has 0 aliphatic heterocycles. The van der Waals surface area contributed by atoms with E-state index < -0.39 is 11.2 Å². The van der Waals surface area contributed by atoms with E-state index in [2.05, 4.69) is 10.3 Å².